The number of nitrogens with zero attached hydrogens (tertiary/aromatic N) is 3. The molecule has 1 aromatic carbocycles. The predicted molar refractivity (Wildman–Crippen MR) is 83.4 cm³/mol. The maximum Gasteiger partial charge on any atom is 0.180 e. The summed E-state index contributed by atoms with van der Waals surface area (Å²) in [6.45, 7) is 0. The van der Waals surface area contributed by atoms with Crippen molar-refractivity contribution in [2.24, 2.45) is 0 Å². The van der Waals surface area contributed by atoms with Crippen LogP contribution >= 0.6 is 27.5 Å². The van der Waals surface area contributed by atoms with E-state index in [0.717, 1.165) is 11.3 Å². The lowest BCUT2D eigenvalue weighted by Gasteiger charge is -2.08. The van der Waals surface area contributed by atoms with Crippen molar-refractivity contribution >= 4 is 27.5 Å². The average molecular weight is 347 g/mol. The molecule has 0 atom stereocenters. The molecule has 0 fully saturated rings. The van der Waals surface area contributed by atoms with E-state index >= 15 is 0 Å². The largest absolute Gasteiger partial charge is 0.253 e. The molecular weight excluding hydrogens is 338 g/mol. The molecule has 3 nitrogen and oxygen atoms in total. The zero-order valence-electron chi connectivity index (χ0n) is 10.3. The quantitative estimate of drug-likeness (QED) is 0.635. The van der Waals surface area contributed by atoms with Crippen molar-refractivity contribution in [1.29, 1.82) is 0 Å². The van der Waals surface area contributed by atoms with Crippen LogP contribution in [0.2, 0.25) is 5.15 Å². The fraction of sp³-hybridized carbons (Fsp3) is 0. The molecule has 0 N–H and O–H groups in total. The van der Waals surface area contributed by atoms with Crippen molar-refractivity contribution in [2.45, 2.75) is 0 Å². The average Bonchev–Trinajstić information content (AvgIpc) is 2.51. The molecule has 3 aromatic rings. The highest BCUT2D eigenvalue weighted by Gasteiger charge is 2.14. The smallest absolute Gasteiger partial charge is 0.180 e. The van der Waals surface area contributed by atoms with Gasteiger partial charge in [-0.05, 0) is 28.1 Å². The minimum Gasteiger partial charge on any atom is -0.253 e. The van der Waals surface area contributed by atoms with Crippen LogP contribution in [-0.4, -0.2) is 15.0 Å². The number of hydrogen-bond donors (Lipinski definition) is 0. The third-order valence-corrected chi connectivity index (χ3v) is 4.00. The summed E-state index contributed by atoms with van der Waals surface area (Å²) in [5, 5.41) is 0.375. The van der Waals surface area contributed by atoms with Crippen molar-refractivity contribution < 1.29 is 0 Å². The van der Waals surface area contributed by atoms with E-state index in [9.17, 15) is 0 Å². The Kier molecular flexibility index (Phi) is 3.76. The van der Waals surface area contributed by atoms with Gasteiger partial charge in [0.2, 0.25) is 0 Å². The third-order valence-electron chi connectivity index (χ3n) is 2.75. The molecule has 3 rings (SSSR count). The van der Waals surface area contributed by atoms with Crippen LogP contribution in [0, 0.1) is 0 Å². The van der Waals surface area contributed by atoms with Gasteiger partial charge in [-0.15, -0.1) is 0 Å². The highest BCUT2D eigenvalue weighted by Crippen LogP contribution is 2.32. The molecule has 0 aliphatic rings. The first-order valence-electron chi connectivity index (χ1n) is 5.95. The summed E-state index contributed by atoms with van der Waals surface area (Å²) in [6, 6.07) is 15.4. The molecule has 0 aliphatic carbocycles. The van der Waals surface area contributed by atoms with E-state index in [0.29, 0.717) is 21.1 Å². The first-order valence-corrected chi connectivity index (χ1v) is 7.12. The number of aromatic nitrogens is 3. The van der Waals surface area contributed by atoms with Crippen LogP contribution < -0.4 is 0 Å². The van der Waals surface area contributed by atoms with Gasteiger partial charge in [-0.3, -0.25) is 4.98 Å². The van der Waals surface area contributed by atoms with E-state index in [1.165, 1.54) is 0 Å². The van der Waals surface area contributed by atoms with Crippen LogP contribution in [0.3, 0.4) is 0 Å². The Labute approximate surface area is 129 Å². The maximum atomic E-state index is 6.19. The van der Waals surface area contributed by atoms with Gasteiger partial charge in [0.15, 0.2) is 5.82 Å². The predicted octanol–water partition coefficient (Wildman–Crippen LogP) is 4.62. The molecule has 0 aliphatic heterocycles. The van der Waals surface area contributed by atoms with Gasteiger partial charge in [-0.25, -0.2) is 9.97 Å². The first-order chi connectivity index (χ1) is 9.75. The van der Waals surface area contributed by atoms with Crippen LogP contribution in [0.15, 0.2) is 59.2 Å². The Balaban J connectivity index is 2.19. The van der Waals surface area contributed by atoms with Crippen LogP contribution in [0.5, 0.6) is 0 Å². The Bertz CT molecular complexity index is 733. The number of halogens is 2. The number of pyridine rings is 1. The molecular formula is C15H9BrClN3. The molecule has 2 aromatic heterocycles. The number of rotatable bonds is 2. The first kappa shape index (κ1) is 13.2. The topological polar surface area (TPSA) is 38.7 Å². The second-order valence-electron chi connectivity index (χ2n) is 4.08. The van der Waals surface area contributed by atoms with Gasteiger partial charge in [-0.2, -0.15) is 0 Å². The number of hydrogen-bond acceptors (Lipinski definition) is 3. The highest BCUT2D eigenvalue weighted by atomic mass is 79.9. The fourth-order valence-corrected chi connectivity index (χ4v) is 2.39. The van der Waals surface area contributed by atoms with Crippen molar-refractivity contribution in [3.8, 4) is 22.8 Å². The van der Waals surface area contributed by atoms with Crippen molar-refractivity contribution in [1.82, 2.24) is 15.0 Å². The summed E-state index contributed by atoms with van der Waals surface area (Å²) in [7, 11) is 0. The molecule has 0 bridgehead atoms. The van der Waals surface area contributed by atoms with Crippen LogP contribution in [0.4, 0.5) is 0 Å². The Hall–Kier alpha value is -1.78. The van der Waals surface area contributed by atoms with Gasteiger partial charge in [0, 0.05) is 11.8 Å². The normalized spacial score (nSPS) is 10.5. The van der Waals surface area contributed by atoms with Crippen LogP contribution in [0.25, 0.3) is 22.8 Å². The fourth-order valence-electron chi connectivity index (χ4n) is 1.82. The third kappa shape index (κ3) is 2.57. The second-order valence-corrected chi connectivity index (χ2v) is 5.23. The molecule has 98 valence electrons. The van der Waals surface area contributed by atoms with Gasteiger partial charge < -0.3 is 0 Å². The Morgan fingerprint density at radius 1 is 0.900 bits per heavy atom. The van der Waals surface area contributed by atoms with Gasteiger partial charge in [-0.1, -0.05) is 48.0 Å². The van der Waals surface area contributed by atoms with Crippen molar-refractivity contribution in [3.05, 3.63) is 64.4 Å². The van der Waals surface area contributed by atoms with Gasteiger partial charge >= 0.3 is 0 Å². The van der Waals surface area contributed by atoms with Crippen molar-refractivity contribution in [2.75, 3.05) is 0 Å². The van der Waals surface area contributed by atoms with E-state index in [-0.39, 0.29) is 0 Å². The molecule has 2 heterocycles. The zero-order chi connectivity index (χ0) is 13.9. The molecule has 0 spiro atoms. The van der Waals surface area contributed by atoms with Crippen LogP contribution in [-0.2, 0) is 0 Å². The van der Waals surface area contributed by atoms with E-state index < -0.39 is 0 Å². The summed E-state index contributed by atoms with van der Waals surface area (Å²) >= 11 is 9.64. The molecule has 0 unspecified atom stereocenters. The molecule has 0 amide bonds. The SMILES string of the molecule is Clc1nc(-c2ccccn2)nc(-c2ccccc2)c1Br. The highest BCUT2D eigenvalue weighted by molar-refractivity contribution is 9.10. The maximum absolute atomic E-state index is 6.19. The van der Waals surface area contributed by atoms with E-state index in [2.05, 4.69) is 30.9 Å². The Morgan fingerprint density at radius 2 is 1.65 bits per heavy atom. The molecule has 0 saturated carbocycles. The molecule has 5 heteroatoms. The second kappa shape index (κ2) is 5.69. The van der Waals surface area contributed by atoms with Gasteiger partial charge in [0.25, 0.3) is 0 Å². The Morgan fingerprint density at radius 3 is 2.35 bits per heavy atom. The van der Waals surface area contributed by atoms with Crippen molar-refractivity contribution in [3.63, 3.8) is 0 Å². The summed E-state index contributed by atoms with van der Waals surface area (Å²) in [5.41, 5.74) is 2.42. The molecule has 0 saturated heterocycles. The van der Waals surface area contributed by atoms with Crippen LogP contribution in [0.1, 0.15) is 0 Å². The van der Waals surface area contributed by atoms with Gasteiger partial charge in [0.05, 0.1) is 10.2 Å². The summed E-state index contributed by atoms with van der Waals surface area (Å²) in [5.74, 6) is 0.512. The lowest BCUT2D eigenvalue weighted by atomic mass is 10.1. The minimum absolute atomic E-state index is 0.375. The molecule has 20 heavy (non-hydrogen) atoms. The van der Waals surface area contributed by atoms with E-state index in [4.69, 9.17) is 11.6 Å². The molecule has 0 radical (unpaired) electrons. The summed E-state index contributed by atoms with van der Waals surface area (Å²) in [6.07, 6.45) is 1.71. The van der Waals surface area contributed by atoms with E-state index in [1.807, 2.05) is 48.5 Å². The summed E-state index contributed by atoms with van der Waals surface area (Å²) < 4.78 is 0.685. The van der Waals surface area contributed by atoms with Gasteiger partial charge in [0.1, 0.15) is 10.8 Å². The zero-order valence-corrected chi connectivity index (χ0v) is 12.6. The lowest BCUT2D eigenvalue weighted by Crippen LogP contribution is -1.96. The minimum atomic E-state index is 0.375. The monoisotopic (exact) mass is 345 g/mol. The summed E-state index contributed by atoms with van der Waals surface area (Å²) in [4.78, 5) is 13.1. The number of benzene rings is 1. The standard InChI is InChI=1S/C15H9BrClN3/c16-12-13(10-6-2-1-3-7-10)19-15(20-14(12)17)11-8-4-5-9-18-11/h1-9H. The lowest BCUT2D eigenvalue weighted by molar-refractivity contribution is 1.13. The van der Waals surface area contributed by atoms with E-state index in [1.54, 1.807) is 6.20 Å².